The Hall–Kier alpha value is -3.22. The summed E-state index contributed by atoms with van der Waals surface area (Å²) in [6.45, 7) is 3.72. The molecule has 1 fully saturated rings. The van der Waals surface area contributed by atoms with E-state index in [-0.39, 0.29) is 19.3 Å². The summed E-state index contributed by atoms with van der Waals surface area (Å²) >= 11 is 0. The number of nitrogens with one attached hydrogen (secondary N) is 4. The number of carbonyl (C=O) groups excluding carboxylic acids is 2. The van der Waals surface area contributed by atoms with E-state index in [0.717, 1.165) is 36.5 Å². The van der Waals surface area contributed by atoms with E-state index in [4.69, 9.17) is 9.57 Å². The number of rotatable bonds is 12. The van der Waals surface area contributed by atoms with Crippen LogP contribution in [0, 0.1) is 0 Å². The molecule has 1 aromatic rings. The number of ether oxygens (including phenoxy) is 1. The molecule has 0 radical (unpaired) electrons. The monoisotopic (exact) mass is 462 g/mol. The molecule has 1 saturated heterocycles. The number of carboxylic acids is 1. The van der Waals surface area contributed by atoms with Gasteiger partial charge in [0.2, 0.25) is 18.3 Å². The Labute approximate surface area is 191 Å². The van der Waals surface area contributed by atoms with Crippen LogP contribution in [0.25, 0.3) is 0 Å². The van der Waals surface area contributed by atoms with Gasteiger partial charge in [0.05, 0.1) is 5.71 Å². The third-order valence-electron chi connectivity index (χ3n) is 5.44. The third-order valence-corrected chi connectivity index (χ3v) is 5.44. The molecular formula is C21H30N6O6. The van der Waals surface area contributed by atoms with Crippen LogP contribution in [-0.4, -0.2) is 72.0 Å². The van der Waals surface area contributed by atoms with Crippen molar-refractivity contribution in [2.24, 2.45) is 5.16 Å². The molecule has 0 aliphatic carbocycles. The van der Waals surface area contributed by atoms with Gasteiger partial charge in [-0.2, -0.15) is 0 Å². The second-order valence-corrected chi connectivity index (χ2v) is 7.90. The van der Waals surface area contributed by atoms with Gasteiger partial charge in [-0.15, -0.1) is 0 Å². The van der Waals surface area contributed by atoms with Gasteiger partial charge >= 0.3 is 12.1 Å². The largest absolute Gasteiger partial charge is 0.478 e. The van der Waals surface area contributed by atoms with Crippen LogP contribution in [0.3, 0.4) is 0 Å². The minimum atomic E-state index is -2.09. The molecule has 0 spiro atoms. The van der Waals surface area contributed by atoms with Crippen molar-refractivity contribution in [2.75, 3.05) is 19.6 Å². The Morgan fingerprint density at radius 2 is 2.06 bits per heavy atom. The van der Waals surface area contributed by atoms with E-state index >= 15 is 0 Å². The molecule has 0 bridgehead atoms. The number of carboxylic acid groups (broad SMARTS) is 1. The van der Waals surface area contributed by atoms with Gasteiger partial charge in [0.25, 0.3) is 0 Å². The predicted molar refractivity (Wildman–Crippen MR) is 118 cm³/mol. The third kappa shape index (κ3) is 6.63. The van der Waals surface area contributed by atoms with Crippen molar-refractivity contribution in [1.82, 2.24) is 26.2 Å². The topological polar surface area (TPSA) is 154 Å². The maximum Gasteiger partial charge on any atom is 0.409 e. The number of carbonyl (C=O) groups is 3. The molecular weight excluding hydrogens is 432 g/mol. The molecule has 1 aromatic carbocycles. The van der Waals surface area contributed by atoms with Crippen LogP contribution in [-0.2, 0) is 25.8 Å². The van der Waals surface area contributed by atoms with Crippen LogP contribution in [0.15, 0.2) is 35.5 Å². The minimum Gasteiger partial charge on any atom is -0.478 e. The highest BCUT2D eigenvalue weighted by molar-refractivity contribution is 5.87. The van der Waals surface area contributed by atoms with Crippen molar-refractivity contribution in [2.45, 2.75) is 51.0 Å². The summed E-state index contributed by atoms with van der Waals surface area (Å²) in [5.41, 5.74) is -0.643. The molecule has 5 N–H and O–H groups in total. The molecule has 33 heavy (non-hydrogen) atoms. The van der Waals surface area contributed by atoms with Gasteiger partial charge in [-0.3, -0.25) is 31.0 Å². The average Bonchev–Trinajstić information content (AvgIpc) is 3.49. The van der Waals surface area contributed by atoms with Crippen molar-refractivity contribution in [1.29, 1.82) is 0 Å². The molecule has 2 atom stereocenters. The van der Waals surface area contributed by atoms with E-state index < -0.39 is 24.0 Å². The standard InChI is InChI=1S/C21H30N6O6/c1-21(18(29)30,25-20(31)32-13-15-6-3-2-4-7-15)27(14-28)17-12-16(26-33-17)8-5-9-22-19-23-10-11-24-19/h2-4,6-7,14,17,19,22-24H,5,8-13H2,1H3,(H,25,31)(H,29,30). The van der Waals surface area contributed by atoms with Crippen molar-refractivity contribution < 1.29 is 29.1 Å². The number of alkyl carbamates (subject to hydrolysis) is 1. The highest BCUT2D eigenvalue weighted by Crippen LogP contribution is 2.23. The Morgan fingerprint density at radius 1 is 1.33 bits per heavy atom. The van der Waals surface area contributed by atoms with Gasteiger partial charge in [0.1, 0.15) is 12.9 Å². The fourth-order valence-corrected chi connectivity index (χ4v) is 3.54. The van der Waals surface area contributed by atoms with Gasteiger partial charge < -0.3 is 14.7 Å². The maximum atomic E-state index is 12.3. The van der Waals surface area contributed by atoms with Crippen molar-refractivity contribution in [3.63, 3.8) is 0 Å². The quantitative estimate of drug-likeness (QED) is 0.166. The van der Waals surface area contributed by atoms with Gasteiger partial charge in [-0.1, -0.05) is 35.5 Å². The number of amides is 2. The molecule has 2 aliphatic rings. The number of hydrogen-bond donors (Lipinski definition) is 5. The highest BCUT2D eigenvalue weighted by atomic mass is 16.7. The van der Waals surface area contributed by atoms with Crippen molar-refractivity contribution in [3.05, 3.63) is 35.9 Å². The second kappa shape index (κ2) is 11.6. The van der Waals surface area contributed by atoms with E-state index in [1.165, 1.54) is 6.92 Å². The number of oxime groups is 1. The zero-order chi connectivity index (χ0) is 23.7. The lowest BCUT2D eigenvalue weighted by atomic mass is 10.1. The number of aliphatic carboxylic acids is 1. The summed E-state index contributed by atoms with van der Waals surface area (Å²) in [6.07, 6.45) is 0.133. The molecule has 2 amide bonds. The van der Waals surface area contributed by atoms with E-state index in [2.05, 4.69) is 26.4 Å². The Kier molecular flexibility index (Phi) is 8.58. The molecule has 2 aliphatic heterocycles. The SMILES string of the molecule is CC(NC(=O)OCc1ccccc1)(C(=O)O)N(C=O)C1CC(CCCNC2NCCN2)=NO1. The Balaban J connectivity index is 1.50. The fourth-order valence-electron chi connectivity index (χ4n) is 3.54. The molecule has 3 rings (SSSR count). The van der Waals surface area contributed by atoms with Crippen molar-refractivity contribution >= 4 is 24.2 Å². The Bertz CT molecular complexity index is 847. The maximum absolute atomic E-state index is 12.3. The molecule has 180 valence electrons. The van der Waals surface area contributed by atoms with Gasteiger partial charge in [0.15, 0.2) is 0 Å². The van der Waals surface area contributed by atoms with E-state index in [0.29, 0.717) is 18.5 Å². The summed E-state index contributed by atoms with van der Waals surface area (Å²) in [7, 11) is 0. The molecule has 0 aromatic heterocycles. The normalized spacial score (nSPS) is 19.8. The number of benzene rings is 1. The number of nitrogens with zero attached hydrogens (tertiary/aromatic N) is 2. The number of hydrogen-bond acceptors (Lipinski definition) is 9. The van der Waals surface area contributed by atoms with E-state index in [1.54, 1.807) is 24.3 Å². The molecule has 12 nitrogen and oxygen atoms in total. The van der Waals surface area contributed by atoms with E-state index in [9.17, 15) is 19.5 Å². The van der Waals surface area contributed by atoms with Crippen LogP contribution in [0.1, 0.15) is 31.7 Å². The van der Waals surface area contributed by atoms with E-state index in [1.807, 2.05) is 6.07 Å². The zero-order valence-corrected chi connectivity index (χ0v) is 18.5. The minimum absolute atomic E-state index is 0.0451. The average molecular weight is 463 g/mol. The first-order valence-corrected chi connectivity index (χ1v) is 10.8. The second-order valence-electron chi connectivity index (χ2n) is 7.90. The predicted octanol–water partition coefficient (Wildman–Crippen LogP) is 0.121. The first-order chi connectivity index (χ1) is 15.9. The van der Waals surface area contributed by atoms with Crippen LogP contribution >= 0.6 is 0 Å². The molecule has 12 heteroatoms. The smallest absolute Gasteiger partial charge is 0.409 e. The van der Waals surface area contributed by atoms with Crippen LogP contribution < -0.4 is 21.3 Å². The lowest BCUT2D eigenvalue weighted by Crippen LogP contribution is -2.65. The lowest BCUT2D eigenvalue weighted by Gasteiger charge is -2.37. The van der Waals surface area contributed by atoms with Crippen LogP contribution in [0.2, 0.25) is 0 Å². The fraction of sp³-hybridized carbons (Fsp3) is 0.524. The van der Waals surface area contributed by atoms with Gasteiger partial charge in [-0.05, 0) is 31.9 Å². The molecule has 0 saturated carbocycles. The highest BCUT2D eigenvalue weighted by Gasteiger charge is 2.47. The summed E-state index contributed by atoms with van der Waals surface area (Å²) in [5, 5.41) is 25.9. The van der Waals surface area contributed by atoms with Gasteiger partial charge in [-0.25, -0.2) is 9.59 Å². The van der Waals surface area contributed by atoms with Crippen molar-refractivity contribution in [3.8, 4) is 0 Å². The lowest BCUT2D eigenvalue weighted by molar-refractivity contribution is -0.169. The summed E-state index contributed by atoms with van der Waals surface area (Å²) in [4.78, 5) is 42.4. The zero-order valence-electron chi connectivity index (χ0n) is 18.5. The summed E-state index contributed by atoms with van der Waals surface area (Å²) in [5.74, 6) is -1.44. The van der Waals surface area contributed by atoms with Gasteiger partial charge in [0, 0.05) is 19.5 Å². The Morgan fingerprint density at radius 3 is 2.73 bits per heavy atom. The summed E-state index contributed by atoms with van der Waals surface area (Å²) < 4.78 is 5.12. The molecule has 2 heterocycles. The first kappa shape index (κ1) is 24.4. The molecule has 2 unspecified atom stereocenters. The summed E-state index contributed by atoms with van der Waals surface area (Å²) in [6, 6.07) is 8.94. The first-order valence-electron chi connectivity index (χ1n) is 10.8. The van der Waals surface area contributed by atoms with Crippen LogP contribution in [0.5, 0.6) is 0 Å². The van der Waals surface area contributed by atoms with Crippen LogP contribution in [0.4, 0.5) is 4.79 Å².